The predicted octanol–water partition coefficient (Wildman–Crippen LogP) is 3.56. The third-order valence-corrected chi connectivity index (χ3v) is 2.88. The van der Waals surface area contributed by atoms with Gasteiger partial charge in [0.05, 0.1) is 18.0 Å². The van der Waals surface area contributed by atoms with E-state index < -0.39 is 11.7 Å². The third kappa shape index (κ3) is 3.75. The van der Waals surface area contributed by atoms with Crippen LogP contribution in [0.5, 0.6) is 11.5 Å². The van der Waals surface area contributed by atoms with Crippen molar-refractivity contribution < 1.29 is 17.9 Å². The number of hydrogen-bond donors (Lipinski definition) is 1. The molecule has 0 unspecified atom stereocenters. The van der Waals surface area contributed by atoms with Gasteiger partial charge in [-0.25, -0.2) is 0 Å². The van der Waals surface area contributed by atoms with E-state index in [0.29, 0.717) is 12.1 Å². The van der Waals surface area contributed by atoms with Gasteiger partial charge in [-0.3, -0.25) is 4.68 Å². The van der Waals surface area contributed by atoms with E-state index in [-0.39, 0.29) is 18.0 Å². The van der Waals surface area contributed by atoms with Crippen molar-refractivity contribution in [2.24, 2.45) is 5.73 Å². The molecule has 21 heavy (non-hydrogen) atoms. The van der Waals surface area contributed by atoms with Crippen molar-refractivity contribution >= 4 is 0 Å². The molecule has 4 nitrogen and oxygen atoms in total. The molecule has 2 N–H and O–H groups in total. The molecule has 1 heterocycles. The van der Waals surface area contributed by atoms with E-state index in [9.17, 15) is 13.2 Å². The van der Waals surface area contributed by atoms with Crippen LogP contribution in [0.3, 0.4) is 0 Å². The zero-order valence-corrected chi connectivity index (χ0v) is 11.5. The SMILES string of the molecule is CCCn1cc(Oc2ccc(CN)cc2C(F)(F)F)cn1. The number of hydrogen-bond acceptors (Lipinski definition) is 3. The van der Waals surface area contributed by atoms with E-state index in [1.165, 1.54) is 18.3 Å². The maximum Gasteiger partial charge on any atom is 0.419 e. The van der Waals surface area contributed by atoms with Gasteiger partial charge in [-0.15, -0.1) is 0 Å². The minimum Gasteiger partial charge on any atom is -0.453 e. The van der Waals surface area contributed by atoms with Gasteiger partial charge < -0.3 is 10.5 Å². The molecular weight excluding hydrogens is 283 g/mol. The summed E-state index contributed by atoms with van der Waals surface area (Å²) in [7, 11) is 0. The van der Waals surface area contributed by atoms with Gasteiger partial charge >= 0.3 is 6.18 Å². The summed E-state index contributed by atoms with van der Waals surface area (Å²) in [6.07, 6.45) is -0.660. The fourth-order valence-corrected chi connectivity index (χ4v) is 1.89. The van der Waals surface area contributed by atoms with E-state index in [0.717, 1.165) is 12.5 Å². The van der Waals surface area contributed by atoms with Gasteiger partial charge in [0.25, 0.3) is 0 Å². The molecule has 0 fully saturated rings. The van der Waals surface area contributed by atoms with Crippen molar-refractivity contribution in [1.82, 2.24) is 9.78 Å². The van der Waals surface area contributed by atoms with E-state index in [1.807, 2.05) is 6.92 Å². The van der Waals surface area contributed by atoms with E-state index in [1.54, 1.807) is 10.9 Å². The molecule has 2 aromatic rings. The summed E-state index contributed by atoms with van der Waals surface area (Å²) in [5, 5.41) is 4.02. The van der Waals surface area contributed by atoms with Crippen LogP contribution in [0, 0.1) is 0 Å². The van der Waals surface area contributed by atoms with Gasteiger partial charge in [0.1, 0.15) is 5.75 Å². The fourth-order valence-electron chi connectivity index (χ4n) is 1.89. The lowest BCUT2D eigenvalue weighted by Gasteiger charge is -2.14. The third-order valence-electron chi connectivity index (χ3n) is 2.88. The lowest BCUT2D eigenvalue weighted by molar-refractivity contribution is -0.138. The number of benzene rings is 1. The minimum atomic E-state index is -4.50. The Bertz CT molecular complexity index is 608. The minimum absolute atomic E-state index is 0.0395. The summed E-state index contributed by atoms with van der Waals surface area (Å²) in [4.78, 5) is 0. The average molecular weight is 299 g/mol. The van der Waals surface area contributed by atoms with Crippen LogP contribution in [-0.2, 0) is 19.3 Å². The van der Waals surface area contributed by atoms with Crippen LogP contribution < -0.4 is 10.5 Å². The van der Waals surface area contributed by atoms with Gasteiger partial charge in [-0.2, -0.15) is 18.3 Å². The highest BCUT2D eigenvalue weighted by Gasteiger charge is 2.34. The summed E-state index contributed by atoms with van der Waals surface area (Å²) in [6, 6.07) is 3.80. The second-order valence-electron chi connectivity index (χ2n) is 4.57. The molecule has 1 aromatic heterocycles. The zero-order valence-electron chi connectivity index (χ0n) is 11.5. The van der Waals surface area contributed by atoms with Crippen LogP contribution in [0.1, 0.15) is 24.5 Å². The Balaban J connectivity index is 2.29. The van der Waals surface area contributed by atoms with Gasteiger partial charge in [0, 0.05) is 13.1 Å². The Labute approximate surface area is 120 Å². The number of halogens is 3. The molecule has 1 aromatic carbocycles. The first-order valence-corrected chi connectivity index (χ1v) is 6.54. The molecule has 0 bridgehead atoms. The molecule has 0 aliphatic rings. The highest BCUT2D eigenvalue weighted by Crippen LogP contribution is 2.38. The molecule has 2 rings (SSSR count). The van der Waals surface area contributed by atoms with Crippen LogP contribution >= 0.6 is 0 Å². The highest BCUT2D eigenvalue weighted by molar-refractivity contribution is 5.41. The Morgan fingerprint density at radius 3 is 2.71 bits per heavy atom. The molecule has 0 aliphatic carbocycles. The van der Waals surface area contributed by atoms with Crippen LogP contribution in [0.25, 0.3) is 0 Å². The Kier molecular flexibility index (Phi) is 4.52. The maximum absolute atomic E-state index is 13.1. The molecular formula is C14H16F3N3O. The quantitative estimate of drug-likeness (QED) is 0.918. The zero-order chi connectivity index (χ0) is 15.5. The van der Waals surface area contributed by atoms with E-state index in [4.69, 9.17) is 10.5 Å². The molecule has 0 saturated carbocycles. The normalized spacial score (nSPS) is 11.7. The van der Waals surface area contributed by atoms with Crippen molar-refractivity contribution in [2.45, 2.75) is 32.6 Å². The predicted molar refractivity (Wildman–Crippen MR) is 71.9 cm³/mol. The van der Waals surface area contributed by atoms with E-state index >= 15 is 0 Å². The largest absolute Gasteiger partial charge is 0.453 e. The summed E-state index contributed by atoms with van der Waals surface area (Å²) >= 11 is 0. The van der Waals surface area contributed by atoms with Crippen molar-refractivity contribution in [3.8, 4) is 11.5 Å². The van der Waals surface area contributed by atoms with Crippen LogP contribution in [0.15, 0.2) is 30.6 Å². The smallest absolute Gasteiger partial charge is 0.419 e. The average Bonchev–Trinajstić information content (AvgIpc) is 2.86. The highest BCUT2D eigenvalue weighted by atomic mass is 19.4. The first kappa shape index (κ1) is 15.4. The summed E-state index contributed by atoms with van der Waals surface area (Å²) < 4.78 is 46.1. The second kappa shape index (κ2) is 6.17. The topological polar surface area (TPSA) is 53.1 Å². The first-order chi connectivity index (χ1) is 9.94. The summed E-state index contributed by atoms with van der Waals surface area (Å²) in [6.45, 7) is 2.70. The Morgan fingerprint density at radius 2 is 2.10 bits per heavy atom. The van der Waals surface area contributed by atoms with Crippen molar-refractivity contribution in [3.05, 3.63) is 41.7 Å². The molecule has 7 heteroatoms. The van der Waals surface area contributed by atoms with E-state index in [2.05, 4.69) is 5.10 Å². The lowest BCUT2D eigenvalue weighted by Crippen LogP contribution is -2.09. The monoisotopic (exact) mass is 299 g/mol. The van der Waals surface area contributed by atoms with Gasteiger partial charge in [-0.1, -0.05) is 13.0 Å². The number of nitrogens with zero attached hydrogens (tertiary/aromatic N) is 2. The Hall–Kier alpha value is -2.02. The van der Waals surface area contributed by atoms with Crippen LogP contribution in [0.4, 0.5) is 13.2 Å². The fraction of sp³-hybridized carbons (Fsp3) is 0.357. The number of alkyl halides is 3. The maximum atomic E-state index is 13.1. The molecule has 0 spiro atoms. The number of aromatic nitrogens is 2. The van der Waals surface area contributed by atoms with Crippen molar-refractivity contribution in [2.75, 3.05) is 0 Å². The lowest BCUT2D eigenvalue weighted by atomic mass is 10.1. The number of aryl methyl sites for hydroxylation is 1. The van der Waals surface area contributed by atoms with Crippen molar-refractivity contribution in [1.29, 1.82) is 0 Å². The van der Waals surface area contributed by atoms with Gasteiger partial charge in [0.2, 0.25) is 0 Å². The van der Waals surface area contributed by atoms with Crippen LogP contribution in [-0.4, -0.2) is 9.78 Å². The number of nitrogens with two attached hydrogens (primary N) is 1. The second-order valence-corrected chi connectivity index (χ2v) is 4.57. The molecule has 0 saturated heterocycles. The van der Waals surface area contributed by atoms with Crippen molar-refractivity contribution in [3.63, 3.8) is 0 Å². The van der Waals surface area contributed by atoms with Crippen LogP contribution in [0.2, 0.25) is 0 Å². The summed E-state index contributed by atoms with van der Waals surface area (Å²) in [5.74, 6) is 0.0187. The molecule has 0 radical (unpaired) electrons. The standard InChI is InChI=1S/C14H16F3N3O/c1-2-5-20-9-11(8-19-20)21-13-4-3-10(7-18)6-12(13)14(15,16)17/h3-4,6,8-9H,2,5,7,18H2,1H3. The molecule has 114 valence electrons. The van der Waals surface area contributed by atoms with Gasteiger partial charge in [0.15, 0.2) is 5.75 Å². The number of rotatable bonds is 5. The first-order valence-electron chi connectivity index (χ1n) is 6.54. The Morgan fingerprint density at radius 1 is 1.33 bits per heavy atom. The molecule has 0 amide bonds. The number of ether oxygens (including phenoxy) is 1. The summed E-state index contributed by atoms with van der Waals surface area (Å²) in [5.41, 5.74) is 4.94. The molecule has 0 aliphatic heterocycles. The van der Waals surface area contributed by atoms with Gasteiger partial charge in [-0.05, 0) is 24.1 Å². The molecule has 0 atom stereocenters.